The Bertz CT molecular complexity index is 776. The second-order valence-corrected chi connectivity index (χ2v) is 3.02. The van der Waals surface area contributed by atoms with Gasteiger partial charge in [0.05, 0.1) is 10.8 Å². The fraction of sp³-hybridized carbons (Fsp3) is 0. The summed E-state index contributed by atoms with van der Waals surface area (Å²) in [7, 11) is 0. The predicted octanol–water partition coefficient (Wildman–Crippen LogP) is -0.407. The Balaban J connectivity index is 3.23. The highest BCUT2D eigenvalue weighted by molar-refractivity contribution is 5.85. The second kappa shape index (κ2) is 4.00. The van der Waals surface area contributed by atoms with E-state index >= 15 is 0 Å². The Hall–Kier alpha value is -2.77. The van der Waals surface area contributed by atoms with Gasteiger partial charge >= 0.3 is 5.82 Å². The average Bonchev–Trinajstić information content (AvgIpc) is 2.36. The van der Waals surface area contributed by atoms with Crippen molar-refractivity contribution in [1.29, 1.82) is 0 Å². The molecule has 1 aromatic carbocycles. The van der Waals surface area contributed by atoms with Crippen molar-refractivity contribution < 1.29 is 14.2 Å². The number of phenolic OH excluding ortho intramolecular Hbond substituents is 1. The number of aromatic nitrogens is 2. The summed E-state index contributed by atoms with van der Waals surface area (Å²) in [6, 6.07) is 3.86. The lowest BCUT2D eigenvalue weighted by Crippen LogP contribution is -2.07. The van der Waals surface area contributed by atoms with E-state index < -0.39 is 22.7 Å². The molecule has 0 aliphatic heterocycles. The van der Waals surface area contributed by atoms with Crippen molar-refractivity contribution in [2.75, 3.05) is 0 Å². The number of hydrogen-bond acceptors (Lipinski definition) is 6. The minimum atomic E-state index is -1.31. The van der Waals surface area contributed by atoms with Crippen LogP contribution in [-0.2, 0) is 0 Å². The molecule has 8 nitrogen and oxygen atoms in total. The van der Waals surface area contributed by atoms with E-state index in [0.717, 1.165) is 0 Å². The van der Waals surface area contributed by atoms with Crippen molar-refractivity contribution >= 4 is 10.8 Å². The molecule has 0 unspecified atom stereocenters. The molecule has 0 radical (unpaired) electrons. The molecule has 2 rings (SSSR count). The first-order chi connectivity index (χ1) is 8.09. The lowest BCUT2D eigenvalue weighted by molar-refractivity contribution is 0.212. The number of aromatic amines is 2. The number of rotatable bonds is 0. The van der Waals surface area contributed by atoms with Crippen molar-refractivity contribution in [2.45, 2.75) is 0 Å². The third-order valence-corrected chi connectivity index (χ3v) is 1.97. The third-order valence-electron chi connectivity index (χ3n) is 1.97. The van der Waals surface area contributed by atoms with Crippen molar-refractivity contribution in [3.05, 3.63) is 49.5 Å². The molecule has 0 saturated carbocycles. The van der Waals surface area contributed by atoms with Crippen LogP contribution >= 0.6 is 0 Å². The van der Waals surface area contributed by atoms with Crippen LogP contribution in [0.3, 0.4) is 0 Å². The highest BCUT2D eigenvalue weighted by Crippen LogP contribution is 2.16. The Morgan fingerprint density at radius 2 is 1.65 bits per heavy atom. The fourth-order valence-electron chi connectivity index (χ4n) is 1.27. The van der Waals surface area contributed by atoms with Crippen LogP contribution in [0.4, 0.5) is 0 Å². The highest BCUT2D eigenvalue weighted by atomic mass is 16.6. The smallest absolute Gasteiger partial charge is 0.507 e. The third kappa shape index (κ3) is 1.95. The lowest BCUT2D eigenvalue weighted by Gasteiger charge is -1.92. The number of hydrogen-bond donors (Lipinski definition) is 3. The first-order valence-electron chi connectivity index (χ1n) is 4.40. The van der Waals surface area contributed by atoms with Gasteiger partial charge in [-0.05, 0) is 12.1 Å². The van der Waals surface area contributed by atoms with Gasteiger partial charge in [-0.25, -0.2) is 0 Å². The van der Waals surface area contributed by atoms with Gasteiger partial charge in [-0.1, -0.05) is 6.07 Å². The molecule has 0 aliphatic rings. The van der Waals surface area contributed by atoms with Crippen LogP contribution in [0, 0.1) is 0 Å². The van der Waals surface area contributed by atoms with Gasteiger partial charge in [-0.15, -0.1) is 0 Å². The van der Waals surface area contributed by atoms with Gasteiger partial charge in [0.15, 0.2) is 0 Å². The Labute approximate surface area is 91.4 Å². The van der Waals surface area contributed by atoms with Gasteiger partial charge in [0, 0.05) is 0 Å². The molecule has 2 aromatic rings. The molecule has 0 atom stereocenters. The maximum absolute atomic E-state index is 11.5. The summed E-state index contributed by atoms with van der Waals surface area (Å²) in [4.78, 5) is 33.8. The zero-order valence-corrected chi connectivity index (χ0v) is 8.22. The van der Waals surface area contributed by atoms with Crippen LogP contribution in [0.1, 0.15) is 0 Å². The summed E-state index contributed by atoms with van der Waals surface area (Å²) >= 11 is 0. The number of aromatic hydroxyl groups is 1. The molecular weight excluding hydrogens is 232 g/mol. The molecular formula is C9H6N2O6. The number of nitrogens with one attached hydrogen (secondary N) is 2. The first-order valence-corrected chi connectivity index (χ1v) is 4.40. The normalized spacial score (nSPS) is 10.1. The number of phenols is 1. The quantitative estimate of drug-likeness (QED) is 0.572. The fourth-order valence-corrected chi connectivity index (χ4v) is 1.27. The molecule has 0 bridgehead atoms. The van der Waals surface area contributed by atoms with Crippen LogP contribution in [0.2, 0.25) is 0 Å². The summed E-state index contributed by atoms with van der Waals surface area (Å²) in [6.45, 7) is 0. The molecule has 3 N–H and O–H groups in total. The van der Waals surface area contributed by atoms with Gasteiger partial charge in [-0.3, -0.25) is 9.59 Å². The predicted molar refractivity (Wildman–Crippen MR) is 55.3 cm³/mol. The average molecular weight is 238 g/mol. The maximum Gasteiger partial charge on any atom is 0.558 e. The molecule has 1 aromatic heterocycles. The molecule has 17 heavy (non-hydrogen) atoms. The first kappa shape index (κ1) is 10.7. The molecule has 0 spiro atoms. The van der Waals surface area contributed by atoms with Crippen molar-refractivity contribution in [3.8, 4) is 5.75 Å². The molecule has 0 amide bonds. The maximum atomic E-state index is 11.5. The van der Waals surface area contributed by atoms with Crippen LogP contribution in [-0.4, -0.2) is 15.4 Å². The topological polar surface area (TPSA) is 129 Å². The monoisotopic (exact) mass is 238 g/mol. The standard InChI is InChI=1S/C9H6N2O6/c12-5-3-1-2-4-6(5)8(14)11-17-9(15)16-10-7(4)13/h1-3,12H,(H,10,13)(H,11,14). The van der Waals surface area contributed by atoms with Gasteiger partial charge in [0.2, 0.25) is 0 Å². The Morgan fingerprint density at radius 3 is 2.35 bits per heavy atom. The van der Waals surface area contributed by atoms with E-state index in [4.69, 9.17) is 0 Å². The van der Waals surface area contributed by atoms with Crippen LogP contribution < -0.4 is 16.9 Å². The van der Waals surface area contributed by atoms with Gasteiger partial charge in [0.1, 0.15) is 5.75 Å². The second-order valence-electron chi connectivity index (χ2n) is 3.02. The zero-order valence-electron chi connectivity index (χ0n) is 8.22. The largest absolute Gasteiger partial charge is 0.558 e. The summed E-state index contributed by atoms with van der Waals surface area (Å²) in [5, 5.41) is 12.5. The van der Waals surface area contributed by atoms with Gasteiger partial charge in [-0.2, -0.15) is 15.1 Å². The van der Waals surface area contributed by atoms with E-state index in [0.29, 0.717) is 0 Å². The van der Waals surface area contributed by atoms with Crippen molar-refractivity contribution in [2.24, 2.45) is 0 Å². The summed E-state index contributed by atoms with van der Waals surface area (Å²) in [5.41, 5.74) is -1.79. The van der Waals surface area contributed by atoms with Crippen LogP contribution in [0.5, 0.6) is 5.75 Å². The highest BCUT2D eigenvalue weighted by Gasteiger charge is 2.05. The molecule has 88 valence electrons. The van der Waals surface area contributed by atoms with E-state index in [1.54, 1.807) is 10.3 Å². The lowest BCUT2D eigenvalue weighted by atomic mass is 10.2. The van der Waals surface area contributed by atoms with E-state index in [2.05, 4.69) is 9.05 Å². The van der Waals surface area contributed by atoms with E-state index in [-0.39, 0.29) is 10.8 Å². The zero-order chi connectivity index (χ0) is 12.4. The van der Waals surface area contributed by atoms with Gasteiger partial charge in [0.25, 0.3) is 11.1 Å². The summed E-state index contributed by atoms with van der Waals surface area (Å²) < 4.78 is 8.31. The molecule has 0 aliphatic carbocycles. The van der Waals surface area contributed by atoms with E-state index in [1.807, 2.05) is 0 Å². The summed E-state index contributed by atoms with van der Waals surface area (Å²) in [5.74, 6) is -1.73. The van der Waals surface area contributed by atoms with Crippen LogP contribution in [0.25, 0.3) is 10.8 Å². The molecule has 8 heteroatoms. The van der Waals surface area contributed by atoms with E-state index in [1.165, 1.54) is 18.2 Å². The van der Waals surface area contributed by atoms with Crippen molar-refractivity contribution in [1.82, 2.24) is 10.3 Å². The number of benzene rings is 1. The molecule has 0 saturated heterocycles. The Kier molecular flexibility index (Phi) is 2.53. The van der Waals surface area contributed by atoms with Crippen molar-refractivity contribution in [3.63, 3.8) is 0 Å². The van der Waals surface area contributed by atoms with E-state index in [9.17, 15) is 19.5 Å². The molecule has 1 heterocycles. The minimum absolute atomic E-state index is 0.152. The SMILES string of the molecule is O=c1o[nH]c(=O)c2cccc(O)c2c(=O)[nH]o1. The summed E-state index contributed by atoms with van der Waals surface area (Å²) in [6.07, 6.45) is 0. The van der Waals surface area contributed by atoms with Gasteiger partial charge < -0.3 is 14.2 Å². The Morgan fingerprint density at radius 1 is 1.00 bits per heavy atom. The molecule has 0 fully saturated rings. The number of fused-ring (bicyclic) bond motifs is 1. The van der Waals surface area contributed by atoms with Crippen LogP contribution in [0.15, 0.2) is 41.6 Å². The number of H-pyrrole nitrogens is 2. The minimum Gasteiger partial charge on any atom is -0.507 e.